The number of nitrogens with zero attached hydrogens (tertiary/aromatic N) is 3. The number of hydrogen-bond donors (Lipinski definition) is 0. The van der Waals surface area contributed by atoms with E-state index in [0.29, 0.717) is 11.3 Å². The molecule has 0 N–H and O–H groups in total. The minimum absolute atomic E-state index is 0.239. The lowest BCUT2D eigenvalue weighted by Crippen LogP contribution is -2.11. The maximum atomic E-state index is 12.9. The first-order chi connectivity index (χ1) is 8.97. The molecule has 0 amide bonds. The third-order valence-corrected chi connectivity index (χ3v) is 3.57. The molecule has 0 fully saturated rings. The van der Waals surface area contributed by atoms with Crippen LogP contribution < -0.4 is 0 Å². The van der Waals surface area contributed by atoms with Crippen molar-refractivity contribution in [2.24, 2.45) is 0 Å². The first-order valence-electron chi connectivity index (χ1n) is 5.43. The Morgan fingerprint density at radius 3 is 2.42 bits per heavy atom. The molecule has 3 aromatic rings. The van der Waals surface area contributed by atoms with Gasteiger partial charge in [0.2, 0.25) is 10.8 Å². The topological polar surface area (TPSA) is 30.2 Å². The Kier molecular flexibility index (Phi) is 2.60. The van der Waals surface area contributed by atoms with Gasteiger partial charge >= 0.3 is 6.18 Å². The quantitative estimate of drug-likeness (QED) is 0.680. The highest BCUT2D eigenvalue weighted by molar-refractivity contribution is 7.15. The average molecular weight is 283 g/mol. The second-order valence-corrected chi connectivity index (χ2v) is 4.96. The van der Waals surface area contributed by atoms with Crippen LogP contribution in [0.4, 0.5) is 13.2 Å². The van der Waals surface area contributed by atoms with E-state index >= 15 is 0 Å². The average Bonchev–Trinajstić information content (AvgIpc) is 2.89. The van der Waals surface area contributed by atoms with Crippen molar-refractivity contribution < 1.29 is 13.2 Å². The van der Waals surface area contributed by atoms with Crippen LogP contribution in [0, 0.1) is 6.92 Å². The van der Waals surface area contributed by atoms with Gasteiger partial charge in [-0.2, -0.15) is 13.2 Å². The van der Waals surface area contributed by atoms with Gasteiger partial charge in [0.1, 0.15) is 0 Å². The molecule has 0 spiro atoms. The van der Waals surface area contributed by atoms with Gasteiger partial charge in [-0.25, -0.2) is 0 Å². The molecule has 3 rings (SSSR count). The highest BCUT2D eigenvalue weighted by atomic mass is 32.1. The van der Waals surface area contributed by atoms with Crippen molar-refractivity contribution in [3.05, 3.63) is 41.0 Å². The maximum absolute atomic E-state index is 12.9. The molecule has 0 unspecified atom stereocenters. The van der Waals surface area contributed by atoms with Crippen molar-refractivity contribution in [3.8, 4) is 11.3 Å². The summed E-state index contributed by atoms with van der Waals surface area (Å²) in [7, 11) is 0. The third kappa shape index (κ3) is 1.99. The fraction of sp³-hybridized carbons (Fsp3) is 0.167. The number of aromatic nitrogens is 3. The molecule has 7 heteroatoms. The Labute approximate surface area is 110 Å². The van der Waals surface area contributed by atoms with E-state index in [1.807, 2.05) is 19.1 Å². The zero-order valence-electron chi connectivity index (χ0n) is 9.77. The molecule has 0 bridgehead atoms. The lowest BCUT2D eigenvalue weighted by atomic mass is 10.1. The van der Waals surface area contributed by atoms with Gasteiger partial charge in [-0.1, -0.05) is 29.8 Å². The molecule has 19 heavy (non-hydrogen) atoms. The van der Waals surface area contributed by atoms with Gasteiger partial charge in [-0.3, -0.25) is 4.40 Å². The van der Waals surface area contributed by atoms with Crippen LogP contribution in [0.5, 0.6) is 0 Å². The highest BCUT2D eigenvalue weighted by Crippen LogP contribution is 2.33. The van der Waals surface area contributed by atoms with Gasteiger partial charge in [0.25, 0.3) is 0 Å². The standard InChI is InChI=1S/C12H8F3N3S/c1-7-2-4-8(5-3-7)9-6-19-11-17-16-10(18(9)11)12(13,14)15/h2-6H,1H3. The van der Waals surface area contributed by atoms with E-state index in [1.165, 1.54) is 0 Å². The summed E-state index contributed by atoms with van der Waals surface area (Å²) < 4.78 is 39.7. The minimum Gasteiger partial charge on any atom is -0.262 e. The molecule has 0 aliphatic rings. The fourth-order valence-electron chi connectivity index (χ4n) is 1.83. The number of hydrogen-bond acceptors (Lipinski definition) is 3. The van der Waals surface area contributed by atoms with Gasteiger partial charge in [0, 0.05) is 5.38 Å². The van der Waals surface area contributed by atoms with Gasteiger partial charge in [0.05, 0.1) is 5.69 Å². The summed E-state index contributed by atoms with van der Waals surface area (Å²) in [5.41, 5.74) is 2.22. The number of fused-ring (bicyclic) bond motifs is 1. The van der Waals surface area contributed by atoms with Crippen LogP contribution in [0.15, 0.2) is 29.6 Å². The molecule has 0 saturated carbocycles. The summed E-state index contributed by atoms with van der Waals surface area (Å²) in [5, 5.41) is 8.45. The van der Waals surface area contributed by atoms with Crippen LogP contribution in [0.1, 0.15) is 11.4 Å². The smallest absolute Gasteiger partial charge is 0.262 e. The Bertz CT molecular complexity index is 725. The van der Waals surface area contributed by atoms with Crippen LogP contribution in [0.25, 0.3) is 16.2 Å². The monoisotopic (exact) mass is 283 g/mol. The number of rotatable bonds is 1. The Balaban J connectivity index is 2.24. The summed E-state index contributed by atoms with van der Waals surface area (Å²) in [6.07, 6.45) is -4.51. The van der Waals surface area contributed by atoms with Crippen LogP contribution in [-0.4, -0.2) is 14.6 Å². The Hall–Kier alpha value is -1.89. The van der Waals surface area contributed by atoms with Crippen LogP contribution in [0.2, 0.25) is 0 Å². The molecule has 2 heterocycles. The summed E-state index contributed by atoms with van der Waals surface area (Å²) >= 11 is 1.14. The van der Waals surface area contributed by atoms with Gasteiger partial charge in [-0.15, -0.1) is 21.5 Å². The molecule has 0 atom stereocenters. The normalized spacial score (nSPS) is 12.2. The molecule has 0 radical (unpaired) electrons. The summed E-state index contributed by atoms with van der Waals surface area (Å²) in [4.78, 5) is 0.239. The Morgan fingerprint density at radius 2 is 1.79 bits per heavy atom. The number of benzene rings is 1. The van der Waals surface area contributed by atoms with E-state index in [9.17, 15) is 13.2 Å². The molecule has 0 aliphatic carbocycles. The van der Waals surface area contributed by atoms with Gasteiger partial charge < -0.3 is 0 Å². The SMILES string of the molecule is Cc1ccc(-c2csc3nnc(C(F)(F)F)n23)cc1. The zero-order chi connectivity index (χ0) is 13.6. The molecule has 98 valence electrons. The molecular weight excluding hydrogens is 275 g/mol. The first-order valence-corrected chi connectivity index (χ1v) is 6.31. The van der Waals surface area contributed by atoms with Crippen molar-refractivity contribution in [1.82, 2.24) is 14.6 Å². The van der Waals surface area contributed by atoms with E-state index in [4.69, 9.17) is 0 Å². The van der Waals surface area contributed by atoms with Crippen LogP contribution in [0.3, 0.4) is 0 Å². The Morgan fingerprint density at radius 1 is 1.11 bits per heavy atom. The van der Waals surface area contributed by atoms with E-state index < -0.39 is 12.0 Å². The molecule has 1 aromatic carbocycles. The number of halogens is 3. The summed E-state index contributed by atoms with van der Waals surface area (Å²) in [6, 6.07) is 7.29. The highest BCUT2D eigenvalue weighted by Gasteiger charge is 2.38. The third-order valence-electron chi connectivity index (χ3n) is 2.75. The minimum atomic E-state index is -4.51. The van der Waals surface area contributed by atoms with Crippen molar-refractivity contribution in [3.63, 3.8) is 0 Å². The van der Waals surface area contributed by atoms with E-state index in [1.54, 1.807) is 17.5 Å². The molecule has 3 nitrogen and oxygen atoms in total. The van der Waals surface area contributed by atoms with E-state index in [-0.39, 0.29) is 4.96 Å². The van der Waals surface area contributed by atoms with Gasteiger partial charge in [-0.05, 0) is 12.5 Å². The van der Waals surface area contributed by atoms with Crippen LogP contribution in [-0.2, 0) is 6.18 Å². The number of thiazole rings is 1. The van der Waals surface area contributed by atoms with Crippen molar-refractivity contribution in [2.75, 3.05) is 0 Å². The van der Waals surface area contributed by atoms with Crippen LogP contribution >= 0.6 is 11.3 Å². The second kappa shape index (κ2) is 4.06. The van der Waals surface area contributed by atoms with E-state index in [0.717, 1.165) is 21.3 Å². The second-order valence-electron chi connectivity index (χ2n) is 4.13. The number of aryl methyl sites for hydroxylation is 1. The predicted octanol–water partition coefficient (Wildman–Crippen LogP) is 3.79. The zero-order valence-corrected chi connectivity index (χ0v) is 10.6. The van der Waals surface area contributed by atoms with Crippen molar-refractivity contribution >= 4 is 16.3 Å². The molecule has 0 saturated heterocycles. The lowest BCUT2D eigenvalue weighted by Gasteiger charge is -2.06. The maximum Gasteiger partial charge on any atom is 0.452 e. The lowest BCUT2D eigenvalue weighted by molar-refractivity contribution is -0.145. The fourth-order valence-corrected chi connectivity index (χ4v) is 2.67. The molecule has 0 aliphatic heterocycles. The number of alkyl halides is 3. The van der Waals surface area contributed by atoms with Crippen molar-refractivity contribution in [1.29, 1.82) is 0 Å². The molecule has 2 aromatic heterocycles. The first kappa shape index (κ1) is 12.2. The van der Waals surface area contributed by atoms with Crippen molar-refractivity contribution in [2.45, 2.75) is 13.1 Å². The molecular formula is C12H8F3N3S. The summed E-state index contributed by atoms with van der Waals surface area (Å²) in [5.74, 6) is -0.987. The predicted molar refractivity (Wildman–Crippen MR) is 66.0 cm³/mol. The largest absolute Gasteiger partial charge is 0.452 e. The van der Waals surface area contributed by atoms with E-state index in [2.05, 4.69) is 10.2 Å². The van der Waals surface area contributed by atoms with Gasteiger partial charge in [0.15, 0.2) is 0 Å². The summed E-state index contributed by atoms with van der Waals surface area (Å²) in [6.45, 7) is 1.92.